The number of carbonyl (C=O) groups is 1. The van der Waals surface area contributed by atoms with Crippen molar-refractivity contribution in [2.75, 3.05) is 39.3 Å². The molecule has 2 N–H and O–H groups in total. The number of nitrogens with one attached hydrogen (secondary N) is 2. The van der Waals surface area contributed by atoms with Gasteiger partial charge in [0.25, 0.3) is 0 Å². The Balaban J connectivity index is 1.37. The molecule has 2 aliphatic heterocycles. The van der Waals surface area contributed by atoms with E-state index in [0.717, 1.165) is 25.2 Å². The molecule has 0 spiro atoms. The second-order valence-electron chi connectivity index (χ2n) is 6.43. The van der Waals surface area contributed by atoms with Gasteiger partial charge in [0.2, 0.25) is 0 Å². The number of amides is 1. The molecular formula is C18H27N3O3. The lowest BCUT2D eigenvalue weighted by molar-refractivity contribution is -0.0270. The highest BCUT2D eigenvalue weighted by Gasteiger charge is 2.25. The standard InChI is InChI=1S/C18H27N3O3/c22-18(24-14-15-5-2-1-3-6-15)21-9-10-23-17(13-21)12-19-11-16-7-4-8-20-16/h1-3,5-6,16-17,19-20H,4,7-14H2. The van der Waals surface area contributed by atoms with Crippen LogP contribution < -0.4 is 10.6 Å². The molecule has 0 radical (unpaired) electrons. The predicted molar refractivity (Wildman–Crippen MR) is 91.8 cm³/mol. The van der Waals surface area contributed by atoms with E-state index in [4.69, 9.17) is 9.47 Å². The zero-order chi connectivity index (χ0) is 16.6. The molecule has 1 amide bonds. The molecular weight excluding hydrogens is 306 g/mol. The van der Waals surface area contributed by atoms with Gasteiger partial charge in [0.05, 0.1) is 19.3 Å². The number of rotatable bonds is 6. The van der Waals surface area contributed by atoms with Crippen molar-refractivity contribution in [1.82, 2.24) is 15.5 Å². The zero-order valence-corrected chi connectivity index (χ0v) is 14.1. The number of hydrogen-bond acceptors (Lipinski definition) is 5. The summed E-state index contributed by atoms with van der Waals surface area (Å²) in [6.07, 6.45) is 2.26. The maximum absolute atomic E-state index is 12.2. The fraction of sp³-hybridized carbons (Fsp3) is 0.611. The molecule has 0 saturated carbocycles. The van der Waals surface area contributed by atoms with Gasteiger partial charge in [-0.1, -0.05) is 30.3 Å². The van der Waals surface area contributed by atoms with Crippen LogP contribution in [0.5, 0.6) is 0 Å². The Morgan fingerprint density at radius 2 is 2.21 bits per heavy atom. The SMILES string of the molecule is O=C(OCc1ccccc1)N1CCOC(CNCC2CCCN2)C1. The summed E-state index contributed by atoms with van der Waals surface area (Å²) in [5, 5.41) is 6.91. The Bertz CT molecular complexity index is 505. The van der Waals surface area contributed by atoms with Gasteiger partial charge in [0, 0.05) is 25.7 Å². The smallest absolute Gasteiger partial charge is 0.410 e. The molecule has 0 bridgehead atoms. The topological polar surface area (TPSA) is 62.8 Å². The zero-order valence-electron chi connectivity index (χ0n) is 14.1. The van der Waals surface area contributed by atoms with Crippen LogP contribution >= 0.6 is 0 Å². The molecule has 6 heteroatoms. The van der Waals surface area contributed by atoms with Gasteiger partial charge in [-0.15, -0.1) is 0 Å². The summed E-state index contributed by atoms with van der Waals surface area (Å²) in [5.74, 6) is 0. The Morgan fingerprint density at radius 1 is 1.33 bits per heavy atom. The minimum absolute atomic E-state index is 0.0319. The normalized spacial score (nSPS) is 24.1. The first-order valence-corrected chi connectivity index (χ1v) is 8.82. The lowest BCUT2D eigenvalue weighted by Crippen LogP contribution is -2.50. The van der Waals surface area contributed by atoms with Crippen molar-refractivity contribution in [2.45, 2.75) is 31.6 Å². The van der Waals surface area contributed by atoms with Crippen LogP contribution in [0.3, 0.4) is 0 Å². The van der Waals surface area contributed by atoms with Crippen LogP contribution in [0.1, 0.15) is 18.4 Å². The summed E-state index contributed by atoms with van der Waals surface area (Å²) in [7, 11) is 0. The van der Waals surface area contributed by atoms with Gasteiger partial charge in [0.1, 0.15) is 6.61 Å². The first kappa shape index (κ1) is 17.2. The van der Waals surface area contributed by atoms with Crippen LogP contribution in [-0.4, -0.2) is 62.5 Å². The molecule has 0 aliphatic carbocycles. The number of nitrogens with zero attached hydrogens (tertiary/aromatic N) is 1. The largest absolute Gasteiger partial charge is 0.445 e. The van der Waals surface area contributed by atoms with Crippen LogP contribution in [0.25, 0.3) is 0 Å². The van der Waals surface area contributed by atoms with E-state index in [1.165, 1.54) is 12.8 Å². The van der Waals surface area contributed by atoms with Crippen LogP contribution in [0, 0.1) is 0 Å². The number of ether oxygens (including phenoxy) is 2. The van der Waals surface area contributed by atoms with Gasteiger partial charge in [-0.2, -0.15) is 0 Å². The molecule has 6 nitrogen and oxygen atoms in total. The average molecular weight is 333 g/mol. The molecule has 24 heavy (non-hydrogen) atoms. The van der Waals surface area contributed by atoms with E-state index in [0.29, 0.717) is 32.3 Å². The van der Waals surface area contributed by atoms with E-state index >= 15 is 0 Å². The molecule has 2 heterocycles. The summed E-state index contributed by atoms with van der Waals surface area (Å²) in [6.45, 7) is 4.89. The van der Waals surface area contributed by atoms with Gasteiger partial charge >= 0.3 is 6.09 Å². The summed E-state index contributed by atoms with van der Waals surface area (Å²) >= 11 is 0. The minimum Gasteiger partial charge on any atom is -0.445 e. The van der Waals surface area contributed by atoms with Gasteiger partial charge in [0.15, 0.2) is 0 Å². The molecule has 2 saturated heterocycles. The lowest BCUT2D eigenvalue weighted by Gasteiger charge is -2.32. The molecule has 2 atom stereocenters. The molecule has 2 fully saturated rings. The summed E-state index contributed by atoms with van der Waals surface area (Å²) in [5.41, 5.74) is 1.00. The number of hydrogen-bond donors (Lipinski definition) is 2. The van der Waals surface area contributed by atoms with Gasteiger partial charge in [-0.3, -0.25) is 0 Å². The molecule has 1 aromatic rings. The van der Waals surface area contributed by atoms with Crippen molar-refractivity contribution in [3.05, 3.63) is 35.9 Å². The van der Waals surface area contributed by atoms with Gasteiger partial charge in [-0.05, 0) is 24.9 Å². The van der Waals surface area contributed by atoms with E-state index in [9.17, 15) is 4.79 Å². The number of carbonyl (C=O) groups excluding carboxylic acids is 1. The fourth-order valence-electron chi connectivity index (χ4n) is 3.17. The van der Waals surface area contributed by atoms with Crippen molar-refractivity contribution < 1.29 is 14.3 Å². The summed E-state index contributed by atoms with van der Waals surface area (Å²) in [4.78, 5) is 14.0. The highest BCUT2D eigenvalue weighted by Crippen LogP contribution is 2.09. The van der Waals surface area contributed by atoms with Crippen LogP contribution in [0.15, 0.2) is 30.3 Å². The summed E-state index contributed by atoms with van der Waals surface area (Å²) in [6, 6.07) is 10.3. The Labute approximate surface area is 143 Å². The van der Waals surface area contributed by atoms with Gasteiger partial charge < -0.3 is 25.0 Å². The average Bonchev–Trinajstić information content (AvgIpc) is 3.14. The van der Waals surface area contributed by atoms with Crippen molar-refractivity contribution in [2.24, 2.45) is 0 Å². The molecule has 1 aromatic carbocycles. The molecule has 2 unspecified atom stereocenters. The monoisotopic (exact) mass is 333 g/mol. The summed E-state index contributed by atoms with van der Waals surface area (Å²) < 4.78 is 11.2. The second-order valence-corrected chi connectivity index (χ2v) is 6.43. The van der Waals surface area contributed by atoms with Crippen LogP contribution in [0.4, 0.5) is 4.79 Å². The second kappa shape index (κ2) is 9.01. The third-order valence-electron chi connectivity index (χ3n) is 4.53. The van der Waals surface area contributed by atoms with Gasteiger partial charge in [-0.25, -0.2) is 4.79 Å². The predicted octanol–water partition coefficient (Wildman–Crippen LogP) is 1.37. The van der Waals surface area contributed by atoms with Crippen LogP contribution in [-0.2, 0) is 16.1 Å². The molecule has 132 valence electrons. The lowest BCUT2D eigenvalue weighted by atomic mass is 10.2. The number of benzene rings is 1. The van der Waals surface area contributed by atoms with Crippen molar-refractivity contribution in [3.63, 3.8) is 0 Å². The van der Waals surface area contributed by atoms with E-state index in [1.54, 1.807) is 4.90 Å². The van der Waals surface area contributed by atoms with Crippen molar-refractivity contribution in [3.8, 4) is 0 Å². The molecule has 3 rings (SSSR count). The first-order chi connectivity index (χ1) is 11.8. The van der Waals surface area contributed by atoms with Crippen LogP contribution in [0.2, 0.25) is 0 Å². The van der Waals surface area contributed by atoms with Crippen molar-refractivity contribution >= 4 is 6.09 Å². The first-order valence-electron chi connectivity index (χ1n) is 8.82. The minimum atomic E-state index is -0.260. The maximum atomic E-state index is 12.2. The number of morpholine rings is 1. The van der Waals surface area contributed by atoms with E-state index < -0.39 is 0 Å². The van der Waals surface area contributed by atoms with E-state index in [1.807, 2.05) is 30.3 Å². The Hall–Kier alpha value is -1.63. The maximum Gasteiger partial charge on any atom is 0.410 e. The van der Waals surface area contributed by atoms with E-state index in [-0.39, 0.29) is 12.2 Å². The fourth-order valence-corrected chi connectivity index (χ4v) is 3.17. The third kappa shape index (κ3) is 5.19. The quantitative estimate of drug-likeness (QED) is 0.823. The highest BCUT2D eigenvalue weighted by molar-refractivity contribution is 5.67. The van der Waals surface area contributed by atoms with E-state index in [2.05, 4.69) is 10.6 Å². The molecule has 2 aliphatic rings. The van der Waals surface area contributed by atoms with Crippen molar-refractivity contribution in [1.29, 1.82) is 0 Å². The highest BCUT2D eigenvalue weighted by atomic mass is 16.6. The Kier molecular flexibility index (Phi) is 6.46. The molecule has 0 aromatic heterocycles. The third-order valence-corrected chi connectivity index (χ3v) is 4.53. The Morgan fingerprint density at radius 3 is 3.00 bits per heavy atom.